The van der Waals surface area contributed by atoms with E-state index in [1.165, 1.54) is 31.4 Å². The zero-order valence-electron chi connectivity index (χ0n) is 13.6. The van der Waals surface area contributed by atoms with Gasteiger partial charge in [-0.15, -0.1) is 0 Å². The minimum Gasteiger partial charge on any atom is -0.466 e. The van der Waals surface area contributed by atoms with Crippen LogP contribution in [0.2, 0.25) is 0 Å². The zero-order valence-corrected chi connectivity index (χ0v) is 13.6. The van der Waals surface area contributed by atoms with Crippen molar-refractivity contribution >= 4 is 23.2 Å². The largest absolute Gasteiger partial charge is 0.466 e. The Balaban J connectivity index is 2.00. The number of hydrogen-bond acceptors (Lipinski definition) is 6. The number of aliphatic hydroxyl groups is 1. The SMILES string of the molecule is Cc1ccc([N+](=O)[O-])cc1NC(=O)C(=O)NCC(C)(O)c1ccco1. The molecule has 25 heavy (non-hydrogen) atoms. The summed E-state index contributed by atoms with van der Waals surface area (Å²) in [4.78, 5) is 34.0. The van der Waals surface area contributed by atoms with Gasteiger partial charge in [0.2, 0.25) is 0 Å². The number of aryl methyl sites for hydroxylation is 1. The van der Waals surface area contributed by atoms with Crippen molar-refractivity contribution in [3.63, 3.8) is 0 Å². The summed E-state index contributed by atoms with van der Waals surface area (Å²) in [6.07, 6.45) is 1.38. The highest BCUT2D eigenvalue weighted by atomic mass is 16.6. The number of amides is 2. The number of nitro groups is 1. The lowest BCUT2D eigenvalue weighted by atomic mass is 10.0. The molecule has 1 aromatic heterocycles. The van der Waals surface area contributed by atoms with Crippen molar-refractivity contribution in [2.75, 3.05) is 11.9 Å². The summed E-state index contributed by atoms with van der Waals surface area (Å²) in [5.74, 6) is -1.75. The molecule has 132 valence electrons. The Morgan fingerprint density at radius 3 is 2.64 bits per heavy atom. The van der Waals surface area contributed by atoms with Gasteiger partial charge in [-0.1, -0.05) is 6.07 Å². The number of nitro benzene ring substituents is 1. The van der Waals surface area contributed by atoms with Gasteiger partial charge in [0.05, 0.1) is 23.4 Å². The molecule has 1 atom stereocenters. The average Bonchev–Trinajstić information content (AvgIpc) is 3.09. The van der Waals surface area contributed by atoms with Gasteiger partial charge in [-0.3, -0.25) is 19.7 Å². The summed E-state index contributed by atoms with van der Waals surface area (Å²) >= 11 is 0. The number of carbonyl (C=O) groups excluding carboxylic acids is 2. The number of nitrogens with zero attached hydrogens (tertiary/aromatic N) is 1. The molecule has 2 aromatic rings. The maximum atomic E-state index is 12.0. The second-order valence-corrected chi connectivity index (χ2v) is 5.64. The number of benzene rings is 1. The third kappa shape index (κ3) is 4.42. The quantitative estimate of drug-likeness (QED) is 0.426. The molecule has 0 saturated heterocycles. The second-order valence-electron chi connectivity index (χ2n) is 5.64. The first-order valence-corrected chi connectivity index (χ1v) is 7.31. The average molecular weight is 347 g/mol. The van der Waals surface area contributed by atoms with Crippen molar-refractivity contribution in [1.29, 1.82) is 0 Å². The predicted molar refractivity (Wildman–Crippen MR) is 87.8 cm³/mol. The van der Waals surface area contributed by atoms with E-state index in [1.54, 1.807) is 19.1 Å². The van der Waals surface area contributed by atoms with Crippen molar-refractivity contribution < 1.29 is 24.0 Å². The molecule has 9 nitrogen and oxygen atoms in total. The molecule has 0 spiro atoms. The van der Waals surface area contributed by atoms with Gasteiger partial charge in [-0.25, -0.2) is 0 Å². The van der Waals surface area contributed by atoms with Gasteiger partial charge < -0.3 is 20.2 Å². The van der Waals surface area contributed by atoms with E-state index in [2.05, 4.69) is 10.6 Å². The lowest BCUT2D eigenvalue weighted by Gasteiger charge is -2.20. The lowest BCUT2D eigenvalue weighted by molar-refractivity contribution is -0.384. The van der Waals surface area contributed by atoms with Crippen LogP contribution in [0.5, 0.6) is 0 Å². The highest BCUT2D eigenvalue weighted by molar-refractivity contribution is 6.39. The van der Waals surface area contributed by atoms with Crippen LogP contribution in [0.15, 0.2) is 41.0 Å². The van der Waals surface area contributed by atoms with Crippen LogP contribution in [0.25, 0.3) is 0 Å². The monoisotopic (exact) mass is 347 g/mol. The fourth-order valence-corrected chi connectivity index (χ4v) is 2.04. The van der Waals surface area contributed by atoms with Gasteiger partial charge in [0, 0.05) is 12.1 Å². The third-order valence-electron chi connectivity index (χ3n) is 3.53. The highest BCUT2D eigenvalue weighted by Crippen LogP contribution is 2.22. The fraction of sp³-hybridized carbons (Fsp3) is 0.250. The molecule has 0 aliphatic carbocycles. The summed E-state index contributed by atoms with van der Waals surface area (Å²) in [5, 5.41) is 25.6. The molecule has 2 rings (SSSR count). The van der Waals surface area contributed by atoms with E-state index >= 15 is 0 Å². The number of anilines is 1. The van der Waals surface area contributed by atoms with E-state index in [0.29, 0.717) is 5.56 Å². The smallest absolute Gasteiger partial charge is 0.313 e. The number of nitrogens with one attached hydrogen (secondary N) is 2. The topological polar surface area (TPSA) is 135 Å². The van der Waals surface area contributed by atoms with Crippen molar-refractivity contribution in [2.45, 2.75) is 19.4 Å². The Hall–Kier alpha value is -3.20. The Kier molecular flexibility index (Phi) is 5.18. The summed E-state index contributed by atoms with van der Waals surface area (Å²) in [5.41, 5.74) is -0.968. The predicted octanol–water partition coefficient (Wildman–Crippen LogP) is 1.46. The molecule has 0 aliphatic rings. The normalized spacial score (nSPS) is 12.9. The van der Waals surface area contributed by atoms with Crippen molar-refractivity contribution in [2.24, 2.45) is 0 Å². The zero-order chi connectivity index (χ0) is 18.6. The third-order valence-corrected chi connectivity index (χ3v) is 3.53. The van der Waals surface area contributed by atoms with Crippen LogP contribution in [-0.4, -0.2) is 28.4 Å². The lowest BCUT2D eigenvalue weighted by Crippen LogP contribution is -2.43. The van der Waals surface area contributed by atoms with Crippen LogP contribution in [0.1, 0.15) is 18.2 Å². The van der Waals surface area contributed by atoms with Crippen LogP contribution in [0.3, 0.4) is 0 Å². The Morgan fingerprint density at radius 1 is 1.32 bits per heavy atom. The van der Waals surface area contributed by atoms with Gasteiger partial charge in [-0.05, 0) is 31.5 Å². The van der Waals surface area contributed by atoms with E-state index in [1.807, 2.05) is 0 Å². The van der Waals surface area contributed by atoms with Crippen molar-refractivity contribution in [3.05, 3.63) is 58.0 Å². The Bertz CT molecular complexity index is 798. The van der Waals surface area contributed by atoms with E-state index in [9.17, 15) is 24.8 Å². The van der Waals surface area contributed by atoms with Crippen LogP contribution >= 0.6 is 0 Å². The molecular weight excluding hydrogens is 330 g/mol. The Labute approximate surface area is 142 Å². The van der Waals surface area contributed by atoms with Crippen molar-refractivity contribution in [1.82, 2.24) is 5.32 Å². The van der Waals surface area contributed by atoms with Crippen LogP contribution in [0.4, 0.5) is 11.4 Å². The molecule has 0 aliphatic heterocycles. The fourth-order valence-electron chi connectivity index (χ4n) is 2.04. The van der Waals surface area contributed by atoms with Gasteiger partial charge in [-0.2, -0.15) is 0 Å². The molecule has 0 bridgehead atoms. The molecule has 2 amide bonds. The van der Waals surface area contributed by atoms with Crippen molar-refractivity contribution in [3.8, 4) is 0 Å². The maximum absolute atomic E-state index is 12.0. The number of hydrogen-bond donors (Lipinski definition) is 3. The maximum Gasteiger partial charge on any atom is 0.313 e. The van der Waals surface area contributed by atoms with E-state index < -0.39 is 22.3 Å². The summed E-state index contributed by atoms with van der Waals surface area (Å²) in [7, 11) is 0. The number of non-ortho nitro benzene ring substituents is 1. The first kappa shape index (κ1) is 18.1. The van der Waals surface area contributed by atoms with Crippen LogP contribution < -0.4 is 10.6 Å². The summed E-state index contributed by atoms with van der Waals surface area (Å²) in [6, 6.07) is 7.06. The Morgan fingerprint density at radius 2 is 2.04 bits per heavy atom. The molecule has 1 heterocycles. The standard InChI is InChI=1S/C16H17N3O6/c1-10-5-6-11(19(23)24)8-12(10)18-15(21)14(20)17-9-16(2,22)13-4-3-7-25-13/h3-8,22H,9H2,1-2H3,(H,17,20)(H,18,21). The van der Waals surface area contributed by atoms with Gasteiger partial charge in [0.1, 0.15) is 11.4 Å². The van der Waals surface area contributed by atoms with Gasteiger partial charge >= 0.3 is 11.8 Å². The number of furan rings is 1. The number of rotatable bonds is 5. The molecular formula is C16H17N3O6. The minimum absolute atomic E-state index is 0.159. The summed E-state index contributed by atoms with van der Waals surface area (Å²) < 4.78 is 5.07. The molecule has 0 saturated carbocycles. The minimum atomic E-state index is -1.49. The summed E-state index contributed by atoms with van der Waals surface area (Å²) in [6.45, 7) is 2.81. The molecule has 0 radical (unpaired) electrons. The highest BCUT2D eigenvalue weighted by Gasteiger charge is 2.28. The van der Waals surface area contributed by atoms with Crippen LogP contribution in [0, 0.1) is 17.0 Å². The first-order valence-electron chi connectivity index (χ1n) is 7.31. The first-order chi connectivity index (χ1) is 11.7. The molecule has 1 unspecified atom stereocenters. The second kappa shape index (κ2) is 7.14. The molecule has 1 aromatic carbocycles. The van der Waals surface area contributed by atoms with E-state index in [0.717, 1.165) is 0 Å². The molecule has 9 heteroatoms. The molecule has 3 N–H and O–H groups in total. The van der Waals surface area contributed by atoms with Gasteiger partial charge in [0.25, 0.3) is 5.69 Å². The van der Waals surface area contributed by atoms with E-state index in [4.69, 9.17) is 4.42 Å². The van der Waals surface area contributed by atoms with E-state index in [-0.39, 0.29) is 23.7 Å². The van der Waals surface area contributed by atoms with Gasteiger partial charge in [0.15, 0.2) is 0 Å². The number of carbonyl (C=O) groups is 2. The van der Waals surface area contributed by atoms with Crippen LogP contribution in [-0.2, 0) is 15.2 Å². The molecule has 0 fully saturated rings.